The molecule has 0 spiro atoms. The molecule has 0 atom stereocenters. The quantitative estimate of drug-likeness (QED) is 0.827. The van der Waals surface area contributed by atoms with Crippen LogP contribution in [0.2, 0.25) is 0 Å². The molecule has 0 aliphatic heterocycles. The monoisotopic (exact) mass is 274 g/mol. The second-order valence-electron chi connectivity index (χ2n) is 5.60. The highest BCUT2D eigenvalue weighted by molar-refractivity contribution is 5.94. The molecule has 1 saturated carbocycles. The van der Waals surface area contributed by atoms with Gasteiger partial charge in [-0.05, 0) is 31.4 Å². The van der Waals surface area contributed by atoms with Gasteiger partial charge in [0.2, 0.25) is 5.91 Å². The summed E-state index contributed by atoms with van der Waals surface area (Å²) in [4.78, 5) is 14.4. The van der Waals surface area contributed by atoms with E-state index >= 15 is 0 Å². The minimum Gasteiger partial charge on any atom is -0.311 e. The summed E-state index contributed by atoms with van der Waals surface area (Å²) in [5.41, 5.74) is 1.01. The fraction of sp³-hybridized carbons (Fsp3) is 0.588. The Kier molecular flexibility index (Phi) is 6.06. The summed E-state index contributed by atoms with van der Waals surface area (Å²) in [5, 5.41) is 3.42. The Morgan fingerprint density at radius 1 is 1.25 bits per heavy atom. The van der Waals surface area contributed by atoms with E-state index in [1.807, 2.05) is 35.2 Å². The van der Waals surface area contributed by atoms with E-state index < -0.39 is 0 Å². The van der Waals surface area contributed by atoms with E-state index in [2.05, 4.69) is 12.2 Å². The number of rotatable bonds is 7. The molecule has 2 rings (SSSR count). The Morgan fingerprint density at radius 3 is 2.60 bits per heavy atom. The molecule has 0 aromatic heterocycles. The van der Waals surface area contributed by atoms with E-state index in [-0.39, 0.29) is 5.91 Å². The maximum absolute atomic E-state index is 12.5. The van der Waals surface area contributed by atoms with E-state index in [1.54, 1.807) is 0 Å². The van der Waals surface area contributed by atoms with E-state index in [1.165, 1.54) is 25.7 Å². The zero-order valence-electron chi connectivity index (χ0n) is 12.5. The Balaban J connectivity index is 1.92. The first-order chi connectivity index (χ1) is 9.81. The summed E-state index contributed by atoms with van der Waals surface area (Å²) in [6, 6.07) is 10.6. The fourth-order valence-corrected chi connectivity index (χ4v) is 2.78. The average molecular weight is 274 g/mol. The van der Waals surface area contributed by atoms with Gasteiger partial charge in [0.25, 0.3) is 0 Å². The smallest absolute Gasteiger partial charge is 0.240 e. The summed E-state index contributed by atoms with van der Waals surface area (Å²) >= 11 is 0. The van der Waals surface area contributed by atoms with Gasteiger partial charge in [-0.15, -0.1) is 0 Å². The highest BCUT2D eigenvalue weighted by atomic mass is 16.2. The van der Waals surface area contributed by atoms with Crippen molar-refractivity contribution in [3.8, 4) is 0 Å². The highest BCUT2D eigenvalue weighted by Gasteiger charge is 2.19. The van der Waals surface area contributed by atoms with E-state index in [0.717, 1.165) is 25.1 Å². The molecule has 1 amide bonds. The van der Waals surface area contributed by atoms with Crippen molar-refractivity contribution in [3.63, 3.8) is 0 Å². The normalized spacial score (nSPS) is 15.4. The number of hydrogen-bond acceptors (Lipinski definition) is 2. The van der Waals surface area contributed by atoms with Crippen LogP contribution in [0.15, 0.2) is 30.3 Å². The number of nitrogens with one attached hydrogen (secondary N) is 1. The molecule has 1 N–H and O–H groups in total. The zero-order valence-corrected chi connectivity index (χ0v) is 12.5. The molecule has 20 heavy (non-hydrogen) atoms. The third-order valence-corrected chi connectivity index (χ3v) is 4.00. The van der Waals surface area contributed by atoms with Crippen molar-refractivity contribution in [1.82, 2.24) is 5.32 Å². The molecule has 0 heterocycles. The second kappa shape index (κ2) is 8.05. The summed E-state index contributed by atoms with van der Waals surface area (Å²) in [6.45, 7) is 3.43. The molecule has 0 unspecified atom stereocenters. The van der Waals surface area contributed by atoms with E-state index in [4.69, 9.17) is 0 Å². The fourth-order valence-electron chi connectivity index (χ4n) is 2.78. The first-order valence-corrected chi connectivity index (χ1v) is 7.90. The molecule has 3 nitrogen and oxygen atoms in total. The molecule has 0 bridgehead atoms. The lowest BCUT2D eigenvalue weighted by atomic mass is 10.2. The van der Waals surface area contributed by atoms with Crippen LogP contribution in [-0.4, -0.2) is 25.0 Å². The maximum Gasteiger partial charge on any atom is 0.240 e. The molecule has 1 fully saturated rings. The first-order valence-electron chi connectivity index (χ1n) is 7.90. The summed E-state index contributed by atoms with van der Waals surface area (Å²) < 4.78 is 0. The molecule has 1 aromatic rings. The predicted octanol–water partition coefficient (Wildman–Crippen LogP) is 3.35. The van der Waals surface area contributed by atoms with Gasteiger partial charge in [-0.1, -0.05) is 44.4 Å². The molecular formula is C17H26N2O. The molecule has 1 aliphatic carbocycles. The third kappa shape index (κ3) is 4.34. The topological polar surface area (TPSA) is 32.3 Å². The van der Waals surface area contributed by atoms with Crippen LogP contribution in [0.25, 0.3) is 0 Å². The van der Waals surface area contributed by atoms with Crippen LogP contribution in [0.1, 0.15) is 45.4 Å². The van der Waals surface area contributed by atoms with Crippen LogP contribution in [-0.2, 0) is 4.79 Å². The van der Waals surface area contributed by atoms with E-state index in [0.29, 0.717) is 12.6 Å². The zero-order chi connectivity index (χ0) is 14.2. The van der Waals surface area contributed by atoms with Crippen molar-refractivity contribution >= 4 is 11.6 Å². The minimum absolute atomic E-state index is 0.191. The van der Waals surface area contributed by atoms with Crippen molar-refractivity contribution in [2.45, 2.75) is 51.5 Å². The van der Waals surface area contributed by atoms with Crippen LogP contribution in [0.4, 0.5) is 5.69 Å². The number of carbonyl (C=O) groups is 1. The number of carbonyl (C=O) groups excluding carboxylic acids is 1. The molecule has 0 radical (unpaired) electrons. The Bertz CT molecular complexity index is 399. The number of hydrogen-bond donors (Lipinski definition) is 1. The van der Waals surface area contributed by atoms with Crippen LogP contribution in [0, 0.1) is 0 Å². The van der Waals surface area contributed by atoms with Crippen molar-refractivity contribution < 1.29 is 4.79 Å². The number of amides is 1. The second-order valence-corrected chi connectivity index (χ2v) is 5.60. The van der Waals surface area contributed by atoms with Gasteiger partial charge in [-0.3, -0.25) is 4.79 Å². The van der Waals surface area contributed by atoms with Crippen molar-refractivity contribution in [2.24, 2.45) is 0 Å². The molecule has 1 aromatic carbocycles. The van der Waals surface area contributed by atoms with Crippen LogP contribution >= 0.6 is 0 Å². The van der Waals surface area contributed by atoms with Crippen molar-refractivity contribution in [1.29, 1.82) is 0 Å². The number of anilines is 1. The standard InChI is InChI=1S/C17H26N2O/c1-2-3-13-19(16-11-5-4-6-12-16)17(20)14-18-15-9-7-8-10-15/h4-6,11-12,15,18H,2-3,7-10,13-14H2,1H3. The minimum atomic E-state index is 0.191. The van der Waals surface area contributed by atoms with Gasteiger partial charge in [0.15, 0.2) is 0 Å². The van der Waals surface area contributed by atoms with Gasteiger partial charge in [-0.25, -0.2) is 0 Å². The SMILES string of the molecule is CCCCN(C(=O)CNC1CCCC1)c1ccccc1. The number of nitrogens with zero attached hydrogens (tertiary/aromatic N) is 1. The molecule has 110 valence electrons. The number of unbranched alkanes of at least 4 members (excludes halogenated alkanes) is 1. The van der Waals surface area contributed by atoms with Crippen molar-refractivity contribution in [2.75, 3.05) is 18.0 Å². The Labute approximate surface area is 122 Å². The summed E-state index contributed by atoms with van der Waals surface area (Å²) in [5.74, 6) is 0.191. The maximum atomic E-state index is 12.5. The van der Waals surface area contributed by atoms with Gasteiger partial charge in [0, 0.05) is 18.3 Å². The van der Waals surface area contributed by atoms with Gasteiger partial charge in [0.05, 0.1) is 6.54 Å². The van der Waals surface area contributed by atoms with Gasteiger partial charge in [-0.2, -0.15) is 0 Å². The predicted molar refractivity (Wildman–Crippen MR) is 84.0 cm³/mol. The lowest BCUT2D eigenvalue weighted by Crippen LogP contribution is -2.41. The lowest BCUT2D eigenvalue weighted by Gasteiger charge is -2.24. The number of benzene rings is 1. The molecule has 3 heteroatoms. The molecular weight excluding hydrogens is 248 g/mol. The Morgan fingerprint density at radius 2 is 1.95 bits per heavy atom. The average Bonchev–Trinajstić information content (AvgIpc) is 3.00. The summed E-state index contributed by atoms with van der Waals surface area (Å²) in [7, 11) is 0. The first kappa shape index (κ1) is 15.0. The van der Waals surface area contributed by atoms with Gasteiger partial charge < -0.3 is 10.2 Å². The molecule has 1 aliphatic rings. The van der Waals surface area contributed by atoms with E-state index in [9.17, 15) is 4.79 Å². The third-order valence-electron chi connectivity index (χ3n) is 4.00. The van der Waals surface area contributed by atoms with Crippen LogP contribution in [0.3, 0.4) is 0 Å². The van der Waals surface area contributed by atoms with Gasteiger partial charge >= 0.3 is 0 Å². The Hall–Kier alpha value is -1.35. The lowest BCUT2D eigenvalue weighted by molar-refractivity contribution is -0.117. The van der Waals surface area contributed by atoms with Crippen LogP contribution in [0.5, 0.6) is 0 Å². The van der Waals surface area contributed by atoms with Gasteiger partial charge in [0.1, 0.15) is 0 Å². The van der Waals surface area contributed by atoms with Crippen LogP contribution < -0.4 is 10.2 Å². The number of para-hydroxylation sites is 1. The summed E-state index contributed by atoms with van der Waals surface area (Å²) in [6.07, 6.45) is 7.17. The largest absolute Gasteiger partial charge is 0.311 e. The van der Waals surface area contributed by atoms with Crippen molar-refractivity contribution in [3.05, 3.63) is 30.3 Å². The molecule has 0 saturated heterocycles. The highest BCUT2D eigenvalue weighted by Crippen LogP contribution is 2.18.